The second kappa shape index (κ2) is 6.81. The predicted octanol–water partition coefficient (Wildman–Crippen LogP) is 3.22. The first kappa shape index (κ1) is 16.3. The number of ether oxygens (including phenoxy) is 1. The SMILES string of the molecule is COC(=O)C(Cc1cn(C(=O)O)cn1)c1ccc(Cl)c(Cl)c1. The number of carboxylic acid groups (broad SMARTS) is 1. The topological polar surface area (TPSA) is 81.4 Å². The molecule has 0 radical (unpaired) electrons. The molecule has 116 valence electrons. The average molecular weight is 343 g/mol. The first-order chi connectivity index (χ1) is 10.4. The summed E-state index contributed by atoms with van der Waals surface area (Å²) >= 11 is 11.8. The first-order valence-electron chi connectivity index (χ1n) is 6.21. The summed E-state index contributed by atoms with van der Waals surface area (Å²) in [5.74, 6) is -1.12. The minimum absolute atomic E-state index is 0.185. The van der Waals surface area contributed by atoms with Gasteiger partial charge in [0.25, 0.3) is 0 Å². The summed E-state index contributed by atoms with van der Waals surface area (Å²) in [6.45, 7) is 0. The Kier molecular flexibility index (Phi) is 5.05. The van der Waals surface area contributed by atoms with E-state index >= 15 is 0 Å². The second-order valence-electron chi connectivity index (χ2n) is 4.51. The molecule has 1 heterocycles. The van der Waals surface area contributed by atoms with Crippen molar-refractivity contribution in [1.29, 1.82) is 0 Å². The molecule has 0 fully saturated rings. The van der Waals surface area contributed by atoms with E-state index < -0.39 is 18.0 Å². The van der Waals surface area contributed by atoms with Gasteiger partial charge in [0.15, 0.2) is 0 Å². The Morgan fingerprint density at radius 3 is 2.64 bits per heavy atom. The summed E-state index contributed by atoms with van der Waals surface area (Å²) < 4.78 is 5.71. The number of benzene rings is 1. The summed E-state index contributed by atoms with van der Waals surface area (Å²) in [5, 5.41) is 9.57. The molecule has 22 heavy (non-hydrogen) atoms. The summed E-state index contributed by atoms with van der Waals surface area (Å²) in [7, 11) is 1.28. The smallest absolute Gasteiger partial charge is 0.416 e. The van der Waals surface area contributed by atoms with Crippen LogP contribution >= 0.6 is 23.2 Å². The van der Waals surface area contributed by atoms with Crippen LogP contribution in [0.5, 0.6) is 0 Å². The molecule has 1 aromatic carbocycles. The van der Waals surface area contributed by atoms with E-state index in [1.807, 2.05) is 0 Å². The van der Waals surface area contributed by atoms with E-state index in [1.165, 1.54) is 19.6 Å². The number of aromatic nitrogens is 2. The van der Waals surface area contributed by atoms with Gasteiger partial charge in [-0.1, -0.05) is 29.3 Å². The normalized spacial score (nSPS) is 12.0. The third-order valence-electron chi connectivity index (χ3n) is 3.10. The van der Waals surface area contributed by atoms with E-state index in [0.717, 1.165) is 4.57 Å². The van der Waals surface area contributed by atoms with E-state index in [-0.39, 0.29) is 6.42 Å². The number of imidazole rings is 1. The third-order valence-corrected chi connectivity index (χ3v) is 3.84. The maximum atomic E-state index is 12.0. The number of halogens is 2. The molecule has 0 saturated carbocycles. The molecule has 0 bridgehead atoms. The Labute approximate surface area is 136 Å². The van der Waals surface area contributed by atoms with E-state index in [2.05, 4.69) is 4.98 Å². The fourth-order valence-electron chi connectivity index (χ4n) is 1.99. The van der Waals surface area contributed by atoms with Gasteiger partial charge in [-0.25, -0.2) is 14.3 Å². The zero-order chi connectivity index (χ0) is 16.3. The predicted molar refractivity (Wildman–Crippen MR) is 80.6 cm³/mol. The number of esters is 1. The van der Waals surface area contributed by atoms with Crippen molar-refractivity contribution in [1.82, 2.24) is 9.55 Å². The van der Waals surface area contributed by atoms with Crippen LogP contribution in [0.1, 0.15) is 17.2 Å². The van der Waals surface area contributed by atoms with Crippen molar-refractivity contribution in [3.05, 3.63) is 52.0 Å². The summed E-state index contributed by atoms with van der Waals surface area (Å²) in [6, 6.07) is 4.84. The Hall–Kier alpha value is -2.05. The Bertz CT molecular complexity index is 715. The third kappa shape index (κ3) is 3.58. The first-order valence-corrected chi connectivity index (χ1v) is 6.97. The van der Waals surface area contributed by atoms with Crippen LogP contribution in [0, 0.1) is 0 Å². The van der Waals surface area contributed by atoms with Gasteiger partial charge in [-0.2, -0.15) is 0 Å². The van der Waals surface area contributed by atoms with Crippen LogP contribution in [-0.4, -0.2) is 33.8 Å². The van der Waals surface area contributed by atoms with Crippen LogP contribution in [0.15, 0.2) is 30.7 Å². The van der Waals surface area contributed by atoms with Crippen molar-refractivity contribution >= 4 is 35.3 Å². The van der Waals surface area contributed by atoms with Gasteiger partial charge in [0, 0.05) is 12.6 Å². The van der Waals surface area contributed by atoms with Crippen molar-refractivity contribution in [2.45, 2.75) is 12.3 Å². The molecule has 0 saturated heterocycles. The molecule has 0 aliphatic carbocycles. The molecule has 6 nitrogen and oxygen atoms in total. The molecule has 0 aliphatic heterocycles. The van der Waals surface area contributed by atoms with Crippen molar-refractivity contribution in [3.63, 3.8) is 0 Å². The fourth-order valence-corrected chi connectivity index (χ4v) is 2.30. The maximum absolute atomic E-state index is 12.0. The average Bonchev–Trinajstić information content (AvgIpc) is 2.96. The zero-order valence-electron chi connectivity index (χ0n) is 11.5. The van der Waals surface area contributed by atoms with Gasteiger partial charge in [-0.05, 0) is 17.7 Å². The molecule has 0 spiro atoms. The van der Waals surface area contributed by atoms with Gasteiger partial charge >= 0.3 is 12.1 Å². The van der Waals surface area contributed by atoms with E-state index in [4.69, 9.17) is 33.0 Å². The monoisotopic (exact) mass is 342 g/mol. The minimum Gasteiger partial charge on any atom is -0.469 e. The number of carbonyl (C=O) groups excluding carboxylic acids is 1. The Balaban J connectivity index is 2.31. The van der Waals surface area contributed by atoms with Crippen LogP contribution in [0.2, 0.25) is 10.0 Å². The Morgan fingerprint density at radius 1 is 1.36 bits per heavy atom. The van der Waals surface area contributed by atoms with Crippen molar-refractivity contribution in [2.75, 3.05) is 7.11 Å². The van der Waals surface area contributed by atoms with Crippen LogP contribution in [0.25, 0.3) is 0 Å². The highest BCUT2D eigenvalue weighted by Gasteiger charge is 2.24. The molecular formula is C14H12Cl2N2O4. The van der Waals surface area contributed by atoms with Crippen LogP contribution in [0.4, 0.5) is 4.79 Å². The molecule has 1 N–H and O–H groups in total. The quantitative estimate of drug-likeness (QED) is 0.862. The number of rotatable bonds is 4. The number of carbonyl (C=O) groups is 2. The number of nitrogens with zero attached hydrogens (tertiary/aromatic N) is 2. The molecule has 1 atom stereocenters. The maximum Gasteiger partial charge on any atom is 0.416 e. The molecule has 0 aliphatic rings. The minimum atomic E-state index is -1.15. The summed E-state index contributed by atoms with van der Waals surface area (Å²) in [6.07, 6.45) is 1.55. The van der Waals surface area contributed by atoms with Crippen molar-refractivity contribution < 1.29 is 19.4 Å². The van der Waals surface area contributed by atoms with Crippen LogP contribution < -0.4 is 0 Å². The molecule has 0 amide bonds. The largest absolute Gasteiger partial charge is 0.469 e. The van der Waals surface area contributed by atoms with Crippen molar-refractivity contribution in [3.8, 4) is 0 Å². The molecule has 1 unspecified atom stereocenters. The molecule has 1 aromatic heterocycles. The lowest BCUT2D eigenvalue weighted by atomic mass is 9.94. The second-order valence-corrected chi connectivity index (χ2v) is 5.32. The van der Waals surface area contributed by atoms with E-state index in [0.29, 0.717) is 21.3 Å². The Morgan fingerprint density at radius 2 is 2.09 bits per heavy atom. The molecular weight excluding hydrogens is 331 g/mol. The lowest BCUT2D eigenvalue weighted by Gasteiger charge is -2.14. The van der Waals surface area contributed by atoms with Crippen LogP contribution in [0.3, 0.4) is 0 Å². The van der Waals surface area contributed by atoms with Gasteiger partial charge in [-0.15, -0.1) is 0 Å². The fraction of sp³-hybridized carbons (Fsp3) is 0.214. The lowest BCUT2D eigenvalue weighted by Crippen LogP contribution is -2.17. The van der Waals surface area contributed by atoms with Gasteiger partial charge in [0.1, 0.15) is 6.33 Å². The van der Waals surface area contributed by atoms with Gasteiger partial charge < -0.3 is 9.84 Å². The van der Waals surface area contributed by atoms with Crippen molar-refractivity contribution in [2.24, 2.45) is 0 Å². The van der Waals surface area contributed by atoms with Gasteiger partial charge in [0.05, 0.1) is 28.8 Å². The molecule has 8 heteroatoms. The number of hydrogen-bond donors (Lipinski definition) is 1. The lowest BCUT2D eigenvalue weighted by molar-refractivity contribution is -0.142. The number of hydrogen-bond acceptors (Lipinski definition) is 4. The number of methoxy groups -OCH3 is 1. The highest BCUT2D eigenvalue weighted by molar-refractivity contribution is 6.42. The summed E-state index contributed by atoms with van der Waals surface area (Å²) in [5.41, 5.74) is 1.06. The van der Waals surface area contributed by atoms with Gasteiger partial charge in [0.2, 0.25) is 0 Å². The molecule has 2 aromatic rings. The van der Waals surface area contributed by atoms with E-state index in [9.17, 15) is 9.59 Å². The summed E-state index contributed by atoms with van der Waals surface area (Å²) in [4.78, 5) is 26.8. The highest BCUT2D eigenvalue weighted by atomic mass is 35.5. The molecule has 2 rings (SSSR count). The zero-order valence-corrected chi connectivity index (χ0v) is 13.0. The van der Waals surface area contributed by atoms with Gasteiger partial charge in [-0.3, -0.25) is 4.79 Å². The van der Waals surface area contributed by atoms with E-state index in [1.54, 1.807) is 18.2 Å². The highest BCUT2D eigenvalue weighted by Crippen LogP contribution is 2.29. The standard InChI is InChI=1S/C14H12Cl2N2O4/c1-22-13(19)10(8-2-3-11(15)12(16)4-8)5-9-6-18(7-17-9)14(20)21/h2-4,6-7,10H,5H2,1H3,(H,20,21). The van der Waals surface area contributed by atoms with Crippen LogP contribution in [-0.2, 0) is 16.0 Å².